The van der Waals surface area contributed by atoms with E-state index in [-0.39, 0.29) is 22.9 Å². The van der Waals surface area contributed by atoms with Crippen LogP contribution in [0.2, 0.25) is 0 Å². The fourth-order valence-electron chi connectivity index (χ4n) is 1.71. The van der Waals surface area contributed by atoms with Gasteiger partial charge in [0.25, 0.3) is 0 Å². The van der Waals surface area contributed by atoms with E-state index in [9.17, 15) is 4.79 Å². The zero-order valence-corrected chi connectivity index (χ0v) is 11.9. The molecular weight excluding hydrogens is 292 g/mol. The van der Waals surface area contributed by atoms with Crippen LogP contribution in [0.5, 0.6) is 0 Å². The predicted molar refractivity (Wildman–Crippen MR) is 76.3 cm³/mol. The van der Waals surface area contributed by atoms with Crippen molar-refractivity contribution < 1.29 is 26.3 Å². The van der Waals surface area contributed by atoms with E-state index < -0.39 is 0 Å². The topological polar surface area (TPSA) is 30.2 Å². The van der Waals surface area contributed by atoms with Gasteiger partial charge in [0.2, 0.25) is 0 Å². The normalized spacial score (nSPS) is 9.00. The van der Waals surface area contributed by atoms with Crippen molar-refractivity contribution in [3.05, 3.63) is 85.1 Å². The van der Waals surface area contributed by atoms with Gasteiger partial charge in [-0.3, -0.25) is 0 Å². The molecule has 0 amide bonds. The zero-order chi connectivity index (χ0) is 13.5. The van der Waals surface area contributed by atoms with Crippen LogP contribution in [0.4, 0.5) is 0 Å². The fraction of sp³-hybridized carbons (Fsp3) is 0. The molecule has 0 aliphatic heterocycles. The summed E-state index contributed by atoms with van der Waals surface area (Å²) in [6.07, 6.45) is 2.90. The van der Waals surface area contributed by atoms with Crippen molar-refractivity contribution >= 4 is 5.78 Å². The molecule has 1 heterocycles. The van der Waals surface area contributed by atoms with Gasteiger partial charge in [-0.2, -0.15) is 6.07 Å². The van der Waals surface area contributed by atoms with E-state index in [1.807, 2.05) is 48.5 Å². The molecule has 0 atom stereocenters. The van der Waals surface area contributed by atoms with Crippen molar-refractivity contribution in [3.63, 3.8) is 0 Å². The average molecular weight is 306 g/mol. The first-order valence-electron chi connectivity index (χ1n) is 5.96. The van der Waals surface area contributed by atoms with E-state index in [0.29, 0.717) is 11.3 Å². The minimum atomic E-state index is -0.0820. The Bertz CT molecular complexity index is 599. The zero-order valence-electron chi connectivity index (χ0n) is 10.8. The third-order valence-corrected chi connectivity index (χ3v) is 2.61. The van der Waals surface area contributed by atoms with Gasteiger partial charge >= 0.3 is 0 Å². The van der Waals surface area contributed by atoms with Crippen LogP contribution in [-0.4, -0.2) is 5.78 Å². The molecule has 0 saturated carbocycles. The molecule has 0 saturated heterocycles. The molecule has 3 heteroatoms. The van der Waals surface area contributed by atoms with Crippen molar-refractivity contribution in [2.45, 2.75) is 0 Å². The second-order valence-electron chi connectivity index (χ2n) is 3.86. The summed E-state index contributed by atoms with van der Waals surface area (Å²) in [6.45, 7) is 3.46. The van der Waals surface area contributed by atoms with E-state index in [1.54, 1.807) is 18.4 Å². The van der Waals surface area contributed by atoms with Gasteiger partial charge in [0, 0.05) is 17.1 Å². The maximum Gasteiger partial charge on any atom is 0.121 e. The summed E-state index contributed by atoms with van der Waals surface area (Å²) >= 11 is 0. The average Bonchev–Trinajstić information content (AvgIpc) is 3.19. The monoisotopic (exact) mass is 306 g/mol. The predicted octanol–water partition coefficient (Wildman–Crippen LogP) is 4.44. The number of ketones is 1. The van der Waals surface area contributed by atoms with Crippen LogP contribution in [0.3, 0.4) is 0 Å². The van der Waals surface area contributed by atoms with Crippen molar-refractivity contribution in [3.8, 4) is 11.3 Å². The van der Waals surface area contributed by atoms with Crippen LogP contribution in [0.25, 0.3) is 11.3 Å². The number of carbonyl (C=O) groups excluding carboxylic acids is 1. The van der Waals surface area contributed by atoms with Crippen molar-refractivity contribution in [2.75, 3.05) is 0 Å². The van der Waals surface area contributed by atoms with Gasteiger partial charge in [0.15, 0.2) is 0 Å². The Labute approximate surface area is 128 Å². The van der Waals surface area contributed by atoms with E-state index >= 15 is 0 Å². The molecule has 0 unspecified atom stereocenters. The SMILES string of the molecule is C=CC(=O)[c-]1cccc1-c1ccco1.[Fe].[cH-]1[cH-][cH-][cH-][cH-]1. The van der Waals surface area contributed by atoms with Gasteiger partial charge < -0.3 is 39.5 Å². The molecule has 1 aromatic heterocycles. The summed E-state index contributed by atoms with van der Waals surface area (Å²) in [6, 6.07) is 19.1. The second-order valence-corrected chi connectivity index (χ2v) is 3.86. The number of furan rings is 1. The number of rotatable bonds is 3. The van der Waals surface area contributed by atoms with Crippen LogP contribution in [0, 0.1) is 0 Å². The Morgan fingerprint density at radius 2 is 1.80 bits per heavy atom. The van der Waals surface area contributed by atoms with E-state index in [1.165, 1.54) is 6.08 Å². The van der Waals surface area contributed by atoms with E-state index in [4.69, 9.17) is 4.42 Å². The van der Waals surface area contributed by atoms with E-state index in [0.717, 1.165) is 5.56 Å². The molecule has 2 nitrogen and oxygen atoms in total. The standard InChI is InChI=1S/C12H9O2.C5H5.Fe/c1-2-11(13)9-5-3-6-10(9)12-7-4-8-14-12;1-2-4-5-3-1;/h2-8H,1H2;1-5H;/q-1;-5;. The third-order valence-electron chi connectivity index (χ3n) is 2.61. The summed E-state index contributed by atoms with van der Waals surface area (Å²) in [4.78, 5) is 11.4. The molecule has 0 N–H and O–H groups in total. The Morgan fingerprint density at radius 1 is 1.15 bits per heavy atom. The molecule has 0 aliphatic rings. The number of carbonyl (C=O) groups is 1. The van der Waals surface area contributed by atoms with Crippen LogP contribution >= 0.6 is 0 Å². The Hall–Kier alpha value is -2.09. The fourth-order valence-corrected chi connectivity index (χ4v) is 1.71. The minimum absolute atomic E-state index is 0. The molecule has 2 aromatic carbocycles. The smallest absolute Gasteiger partial charge is 0.121 e. The third kappa shape index (κ3) is 3.95. The van der Waals surface area contributed by atoms with Crippen molar-refractivity contribution in [2.24, 2.45) is 0 Å². The second kappa shape index (κ2) is 8.15. The van der Waals surface area contributed by atoms with Gasteiger partial charge in [-0.05, 0) is 11.6 Å². The van der Waals surface area contributed by atoms with Crippen LogP contribution in [0.15, 0.2) is 84.0 Å². The van der Waals surface area contributed by atoms with Gasteiger partial charge in [-0.15, -0.1) is 18.7 Å². The molecule has 0 aliphatic carbocycles. The molecular formula is C17H14FeO2-6. The number of hydrogen-bond donors (Lipinski definition) is 0. The van der Waals surface area contributed by atoms with Crippen molar-refractivity contribution in [1.29, 1.82) is 0 Å². The first-order chi connectivity index (χ1) is 9.33. The Balaban J connectivity index is 0.000000283. The maximum absolute atomic E-state index is 11.4. The van der Waals surface area contributed by atoms with Gasteiger partial charge in [-0.1, -0.05) is 17.7 Å². The summed E-state index contributed by atoms with van der Waals surface area (Å²) < 4.78 is 5.23. The Kier molecular flexibility index (Phi) is 6.51. The Morgan fingerprint density at radius 3 is 2.30 bits per heavy atom. The van der Waals surface area contributed by atoms with Crippen LogP contribution in [0.1, 0.15) is 10.4 Å². The summed E-state index contributed by atoms with van der Waals surface area (Å²) in [5.74, 6) is 0.626. The molecule has 3 rings (SSSR count). The first kappa shape index (κ1) is 16.0. The summed E-state index contributed by atoms with van der Waals surface area (Å²) in [5.41, 5.74) is 1.45. The summed E-state index contributed by atoms with van der Waals surface area (Å²) in [7, 11) is 0. The molecule has 3 aromatic rings. The largest absolute Gasteiger partial charge is 0.748 e. The van der Waals surface area contributed by atoms with Crippen LogP contribution in [-0.2, 0) is 17.1 Å². The van der Waals surface area contributed by atoms with E-state index in [2.05, 4.69) is 6.58 Å². The minimum Gasteiger partial charge on any atom is -0.748 e. The maximum atomic E-state index is 11.4. The van der Waals surface area contributed by atoms with Gasteiger partial charge in [-0.25, -0.2) is 0 Å². The molecule has 0 radical (unpaired) electrons. The number of hydrogen-bond acceptors (Lipinski definition) is 2. The molecule has 0 spiro atoms. The molecule has 0 fully saturated rings. The molecule has 20 heavy (non-hydrogen) atoms. The quantitative estimate of drug-likeness (QED) is 0.310. The molecule has 0 bridgehead atoms. The first-order valence-corrected chi connectivity index (χ1v) is 5.96. The molecule has 108 valence electrons. The van der Waals surface area contributed by atoms with Crippen molar-refractivity contribution in [1.82, 2.24) is 0 Å². The van der Waals surface area contributed by atoms with Gasteiger partial charge in [0.05, 0.1) is 12.0 Å². The van der Waals surface area contributed by atoms with Gasteiger partial charge in [0.1, 0.15) is 5.78 Å². The summed E-state index contributed by atoms with van der Waals surface area (Å²) in [5, 5.41) is 0. The van der Waals surface area contributed by atoms with Crippen LogP contribution < -0.4 is 0 Å². The number of allylic oxidation sites excluding steroid dienone is 1.